The Bertz CT molecular complexity index is 1950. The standard InChI is InChI=1S/C29H26F5N7O2S/c1-13-6-18-17(7-36-40-18)19(21(13)29(32,33)34)22-23-16(4-5-35-22)20-24(41-8-14-2-3-15(9-41)37-14)38-26(39-25(20)44-23)43-12-27(11-42)10-28(27,30)31/h4-7,14-15,37,42H,2-3,8-12H2,1H3,(H,36,40)/t14-,15+,27-/m1/s1. The van der Waals surface area contributed by atoms with Crippen LogP contribution in [-0.2, 0) is 6.18 Å². The molecule has 3 aliphatic rings. The largest absolute Gasteiger partial charge is 0.462 e. The molecule has 44 heavy (non-hydrogen) atoms. The number of alkyl halides is 5. The van der Waals surface area contributed by atoms with Gasteiger partial charge in [-0.1, -0.05) is 0 Å². The summed E-state index contributed by atoms with van der Waals surface area (Å²) in [6.07, 6.45) is -0.311. The van der Waals surface area contributed by atoms with Crippen LogP contribution in [0.2, 0.25) is 0 Å². The van der Waals surface area contributed by atoms with E-state index in [-0.39, 0.29) is 40.3 Å². The zero-order valence-corrected chi connectivity index (χ0v) is 24.1. The number of ether oxygens (including phenoxy) is 1. The summed E-state index contributed by atoms with van der Waals surface area (Å²) in [7, 11) is 0. The van der Waals surface area contributed by atoms with Gasteiger partial charge in [-0.3, -0.25) is 10.1 Å². The Kier molecular flexibility index (Phi) is 5.95. The van der Waals surface area contributed by atoms with Gasteiger partial charge in [-0.25, -0.2) is 8.78 Å². The van der Waals surface area contributed by atoms with Crippen molar-refractivity contribution in [3.05, 3.63) is 35.7 Å². The number of fused-ring (bicyclic) bond motifs is 6. The summed E-state index contributed by atoms with van der Waals surface area (Å²) >= 11 is 1.15. The van der Waals surface area contributed by atoms with Crippen molar-refractivity contribution in [1.82, 2.24) is 30.5 Å². The minimum atomic E-state index is -4.66. The molecule has 3 fully saturated rings. The lowest BCUT2D eigenvalue weighted by atomic mass is 9.94. The van der Waals surface area contributed by atoms with Gasteiger partial charge in [0.15, 0.2) is 0 Å². The van der Waals surface area contributed by atoms with Gasteiger partial charge in [0.2, 0.25) is 0 Å². The number of pyridine rings is 1. The Morgan fingerprint density at radius 1 is 1.16 bits per heavy atom. The first-order valence-electron chi connectivity index (χ1n) is 14.2. The number of thiophene rings is 1. The highest BCUT2D eigenvalue weighted by molar-refractivity contribution is 7.26. The molecule has 0 amide bonds. The summed E-state index contributed by atoms with van der Waals surface area (Å²) in [6.45, 7) is 1.48. The maximum atomic E-state index is 14.6. The number of hydrogen-bond acceptors (Lipinski definition) is 9. The second kappa shape index (κ2) is 9.41. The predicted molar refractivity (Wildman–Crippen MR) is 154 cm³/mol. The third-order valence-electron chi connectivity index (χ3n) is 9.18. The minimum Gasteiger partial charge on any atom is -0.462 e. The molecule has 0 unspecified atom stereocenters. The van der Waals surface area contributed by atoms with Crippen molar-refractivity contribution in [2.45, 2.75) is 50.4 Å². The number of aliphatic hydroxyl groups is 1. The number of anilines is 1. The van der Waals surface area contributed by atoms with E-state index < -0.39 is 42.7 Å². The van der Waals surface area contributed by atoms with Gasteiger partial charge in [0.05, 0.1) is 45.1 Å². The van der Waals surface area contributed by atoms with E-state index >= 15 is 0 Å². The molecule has 4 aromatic heterocycles. The fourth-order valence-electron chi connectivity index (χ4n) is 6.80. The van der Waals surface area contributed by atoms with E-state index in [1.165, 1.54) is 25.4 Å². The van der Waals surface area contributed by atoms with Crippen LogP contribution < -0.4 is 15.0 Å². The molecular weight excluding hydrogens is 605 g/mol. The Balaban J connectivity index is 1.34. The van der Waals surface area contributed by atoms with Crippen molar-refractivity contribution >= 4 is 48.4 Å². The number of piperazine rings is 1. The van der Waals surface area contributed by atoms with Crippen molar-refractivity contribution in [2.24, 2.45) is 5.41 Å². The van der Waals surface area contributed by atoms with Crippen molar-refractivity contribution in [2.75, 3.05) is 31.2 Å². The Hall–Kier alpha value is -3.69. The van der Waals surface area contributed by atoms with E-state index in [0.717, 1.165) is 24.2 Å². The van der Waals surface area contributed by atoms with E-state index in [0.29, 0.717) is 44.7 Å². The van der Waals surface area contributed by atoms with Crippen LogP contribution in [0.1, 0.15) is 30.4 Å². The van der Waals surface area contributed by atoms with Gasteiger partial charge in [-0.2, -0.15) is 28.2 Å². The highest BCUT2D eigenvalue weighted by atomic mass is 32.1. The molecule has 6 heterocycles. The molecule has 2 aliphatic heterocycles. The number of aliphatic hydroxyl groups excluding tert-OH is 1. The second-order valence-electron chi connectivity index (χ2n) is 12.1. The summed E-state index contributed by atoms with van der Waals surface area (Å²) < 4.78 is 78.0. The number of nitrogens with one attached hydrogen (secondary N) is 2. The molecule has 3 atom stereocenters. The lowest BCUT2D eigenvalue weighted by Gasteiger charge is -2.34. The maximum absolute atomic E-state index is 14.6. The number of nitrogens with zero attached hydrogens (tertiary/aromatic N) is 5. The smallest absolute Gasteiger partial charge is 0.417 e. The number of hydrogen-bond donors (Lipinski definition) is 3. The third kappa shape index (κ3) is 4.15. The van der Waals surface area contributed by atoms with E-state index in [1.54, 1.807) is 6.07 Å². The van der Waals surface area contributed by atoms with Crippen LogP contribution in [0.15, 0.2) is 24.5 Å². The fraction of sp³-hybridized carbons (Fsp3) is 0.448. The van der Waals surface area contributed by atoms with Crippen molar-refractivity contribution in [3.63, 3.8) is 0 Å². The molecule has 1 aromatic carbocycles. The first-order chi connectivity index (χ1) is 21.0. The Morgan fingerprint density at radius 2 is 1.91 bits per heavy atom. The summed E-state index contributed by atoms with van der Waals surface area (Å²) in [6, 6.07) is 3.52. The number of aryl methyl sites for hydroxylation is 1. The van der Waals surface area contributed by atoms with Gasteiger partial charge in [0.1, 0.15) is 17.3 Å². The zero-order valence-electron chi connectivity index (χ0n) is 23.3. The van der Waals surface area contributed by atoms with Crippen LogP contribution in [0.4, 0.5) is 27.8 Å². The van der Waals surface area contributed by atoms with Gasteiger partial charge < -0.3 is 20.1 Å². The first-order valence-corrected chi connectivity index (χ1v) is 15.1. The predicted octanol–water partition coefficient (Wildman–Crippen LogP) is 5.45. The number of rotatable bonds is 6. The van der Waals surface area contributed by atoms with Crippen LogP contribution in [0.5, 0.6) is 6.01 Å². The van der Waals surface area contributed by atoms with E-state index in [1.807, 2.05) is 0 Å². The van der Waals surface area contributed by atoms with Crippen molar-refractivity contribution in [3.8, 4) is 17.3 Å². The van der Waals surface area contributed by atoms with Gasteiger partial charge in [0.25, 0.3) is 5.92 Å². The Morgan fingerprint density at radius 3 is 2.59 bits per heavy atom. The molecule has 8 rings (SSSR count). The third-order valence-corrected chi connectivity index (χ3v) is 10.3. The molecule has 1 saturated carbocycles. The number of aromatic amines is 1. The van der Waals surface area contributed by atoms with E-state index in [4.69, 9.17) is 9.72 Å². The average Bonchev–Trinajstić information content (AvgIpc) is 3.41. The lowest BCUT2D eigenvalue weighted by molar-refractivity contribution is -0.137. The molecule has 2 bridgehead atoms. The Labute approximate surface area is 250 Å². The number of benzene rings is 1. The normalized spacial score (nSPS) is 24.6. The maximum Gasteiger partial charge on any atom is 0.417 e. The number of halogens is 5. The topological polar surface area (TPSA) is 112 Å². The quantitative estimate of drug-likeness (QED) is 0.212. The molecular formula is C29H26F5N7O2S. The molecule has 5 aromatic rings. The van der Waals surface area contributed by atoms with Crippen molar-refractivity contribution in [1.29, 1.82) is 0 Å². The highest BCUT2D eigenvalue weighted by Crippen LogP contribution is 2.60. The molecule has 0 radical (unpaired) electrons. The summed E-state index contributed by atoms with van der Waals surface area (Å²) in [4.78, 5) is 16.3. The molecule has 2 saturated heterocycles. The average molecular weight is 632 g/mol. The van der Waals surface area contributed by atoms with Crippen LogP contribution >= 0.6 is 11.3 Å². The van der Waals surface area contributed by atoms with E-state index in [2.05, 4.69) is 30.4 Å². The van der Waals surface area contributed by atoms with Crippen LogP contribution in [0.3, 0.4) is 0 Å². The van der Waals surface area contributed by atoms with Gasteiger partial charge >= 0.3 is 12.2 Å². The summed E-state index contributed by atoms with van der Waals surface area (Å²) in [5, 5.41) is 21.6. The molecule has 9 nitrogen and oxygen atoms in total. The van der Waals surface area contributed by atoms with Gasteiger partial charge in [-0.15, -0.1) is 11.3 Å². The summed E-state index contributed by atoms with van der Waals surface area (Å²) in [5.74, 6) is -2.52. The molecule has 3 N–H and O–H groups in total. The van der Waals surface area contributed by atoms with Crippen LogP contribution in [0, 0.1) is 12.3 Å². The highest BCUT2D eigenvalue weighted by Gasteiger charge is 2.71. The van der Waals surface area contributed by atoms with Gasteiger partial charge in [0, 0.05) is 54.1 Å². The van der Waals surface area contributed by atoms with Gasteiger partial charge in [-0.05, 0) is 37.5 Å². The summed E-state index contributed by atoms with van der Waals surface area (Å²) in [5.41, 5.74) is -1.94. The lowest BCUT2D eigenvalue weighted by Crippen LogP contribution is -2.51. The molecule has 1 aliphatic carbocycles. The van der Waals surface area contributed by atoms with E-state index in [9.17, 15) is 27.1 Å². The molecule has 15 heteroatoms. The van der Waals surface area contributed by atoms with Crippen LogP contribution in [0.25, 0.3) is 42.5 Å². The first kappa shape index (κ1) is 27.8. The zero-order chi connectivity index (χ0) is 30.6. The second-order valence-corrected chi connectivity index (χ2v) is 13.1. The van der Waals surface area contributed by atoms with Crippen molar-refractivity contribution < 1.29 is 31.8 Å². The molecule has 230 valence electrons. The molecule has 0 spiro atoms. The number of aromatic nitrogens is 5. The fourth-order valence-corrected chi connectivity index (χ4v) is 7.95. The number of H-pyrrole nitrogens is 1. The SMILES string of the molecule is Cc1cc2[nH]ncc2c(-c2nccc3c2sc2nc(OC[C@]4(CO)CC4(F)F)nc(N4C[C@H]5CC[C@@H](C4)N5)c23)c1C(F)(F)F. The van der Waals surface area contributed by atoms with Crippen LogP contribution in [-0.4, -0.2) is 74.6 Å². The minimum absolute atomic E-state index is 0.0336. The monoisotopic (exact) mass is 631 g/mol.